The van der Waals surface area contributed by atoms with Crippen molar-refractivity contribution >= 4 is 34.2 Å². The minimum atomic E-state index is -0.565. The van der Waals surface area contributed by atoms with Gasteiger partial charge in [0.25, 0.3) is 5.91 Å². The van der Waals surface area contributed by atoms with Gasteiger partial charge >= 0.3 is 5.97 Å². The Morgan fingerprint density at radius 1 is 0.974 bits per heavy atom. The van der Waals surface area contributed by atoms with Gasteiger partial charge in [0, 0.05) is 10.6 Å². The van der Waals surface area contributed by atoms with Crippen molar-refractivity contribution in [1.29, 1.82) is 0 Å². The second kappa shape index (κ2) is 11.0. The maximum absolute atomic E-state index is 13.4. The van der Waals surface area contributed by atoms with Crippen LogP contribution in [0.4, 0.5) is 0 Å². The predicted octanol–water partition coefficient (Wildman–Crippen LogP) is 6.30. The molecule has 4 aromatic carbocycles. The molecular formula is C31H26ClNO5. The lowest BCUT2D eigenvalue weighted by Crippen LogP contribution is -2.36. The zero-order valence-electron chi connectivity index (χ0n) is 21.0. The van der Waals surface area contributed by atoms with Gasteiger partial charge in [0.1, 0.15) is 17.1 Å². The lowest BCUT2D eigenvalue weighted by Gasteiger charge is -2.31. The van der Waals surface area contributed by atoms with E-state index in [1.54, 1.807) is 25.1 Å². The van der Waals surface area contributed by atoms with E-state index in [1.807, 2.05) is 73.7 Å². The van der Waals surface area contributed by atoms with Gasteiger partial charge in [-0.25, -0.2) is 4.79 Å². The fourth-order valence-corrected chi connectivity index (χ4v) is 4.73. The van der Waals surface area contributed by atoms with Crippen molar-refractivity contribution in [3.63, 3.8) is 0 Å². The summed E-state index contributed by atoms with van der Waals surface area (Å²) in [4.78, 5) is 26.4. The quantitative estimate of drug-likeness (QED) is 0.286. The number of fused-ring (bicyclic) bond motifs is 3. The number of hydrogen-bond donors (Lipinski definition) is 1. The lowest BCUT2D eigenvalue weighted by molar-refractivity contribution is -0.139. The lowest BCUT2D eigenvalue weighted by atomic mass is 9.80. The molecule has 0 aromatic heterocycles. The summed E-state index contributed by atoms with van der Waals surface area (Å²) in [5, 5.41) is 5.33. The van der Waals surface area contributed by atoms with E-state index in [1.165, 1.54) is 0 Å². The van der Waals surface area contributed by atoms with Gasteiger partial charge in [-0.1, -0.05) is 72.3 Å². The monoisotopic (exact) mass is 527 g/mol. The third kappa shape index (κ3) is 5.08. The van der Waals surface area contributed by atoms with Gasteiger partial charge < -0.3 is 14.2 Å². The first-order valence-electron chi connectivity index (χ1n) is 12.3. The molecular weight excluding hydrogens is 502 g/mol. The van der Waals surface area contributed by atoms with Crippen molar-refractivity contribution in [3.05, 3.63) is 118 Å². The number of rotatable bonds is 7. The van der Waals surface area contributed by atoms with E-state index in [0.717, 1.165) is 27.5 Å². The van der Waals surface area contributed by atoms with Crippen LogP contribution in [0.3, 0.4) is 0 Å². The van der Waals surface area contributed by atoms with Crippen LogP contribution in [-0.2, 0) is 14.3 Å². The van der Waals surface area contributed by atoms with Crippen LogP contribution in [0.1, 0.15) is 29.5 Å². The van der Waals surface area contributed by atoms with Crippen LogP contribution in [0.5, 0.6) is 11.5 Å². The Hall–Kier alpha value is -4.29. The Balaban J connectivity index is 1.56. The number of ether oxygens (including phenoxy) is 3. The fraction of sp³-hybridized carbons (Fsp3) is 0.161. The molecule has 4 aromatic rings. The van der Waals surface area contributed by atoms with Crippen LogP contribution in [0, 0.1) is 6.92 Å². The molecule has 7 heteroatoms. The minimum absolute atomic E-state index is 0.0287. The molecule has 0 spiro atoms. The summed E-state index contributed by atoms with van der Waals surface area (Å²) in [5.41, 5.74) is 2.76. The highest BCUT2D eigenvalue weighted by molar-refractivity contribution is 6.31. The SMILES string of the molecule is CCOC(=O)C1=C(NC(=O)COc2ccc(Cl)c(C)c2)Oc2ccc3ccccc3c2C1c1ccccc1. The van der Waals surface area contributed by atoms with E-state index in [4.69, 9.17) is 25.8 Å². The molecule has 0 saturated carbocycles. The summed E-state index contributed by atoms with van der Waals surface area (Å²) in [5.74, 6) is -0.489. The van der Waals surface area contributed by atoms with Crippen LogP contribution >= 0.6 is 11.6 Å². The van der Waals surface area contributed by atoms with E-state index >= 15 is 0 Å². The molecule has 192 valence electrons. The third-order valence-corrected chi connectivity index (χ3v) is 6.77. The summed E-state index contributed by atoms with van der Waals surface area (Å²) in [6.45, 7) is 3.48. The molecule has 1 atom stereocenters. The molecule has 0 bridgehead atoms. The molecule has 1 unspecified atom stereocenters. The molecule has 1 N–H and O–H groups in total. The molecule has 6 nitrogen and oxygen atoms in total. The van der Waals surface area contributed by atoms with Gasteiger partial charge in [0.15, 0.2) is 6.61 Å². The summed E-state index contributed by atoms with van der Waals surface area (Å²) < 4.78 is 17.3. The van der Waals surface area contributed by atoms with Crippen molar-refractivity contribution in [2.45, 2.75) is 19.8 Å². The van der Waals surface area contributed by atoms with E-state index in [9.17, 15) is 9.59 Å². The molecule has 5 rings (SSSR count). The average Bonchev–Trinajstić information content (AvgIpc) is 2.93. The predicted molar refractivity (Wildman–Crippen MR) is 146 cm³/mol. The van der Waals surface area contributed by atoms with Gasteiger partial charge in [0.05, 0.1) is 12.5 Å². The van der Waals surface area contributed by atoms with E-state index in [2.05, 4.69) is 5.32 Å². The summed E-state index contributed by atoms with van der Waals surface area (Å²) in [6, 6.07) is 26.5. The van der Waals surface area contributed by atoms with E-state index < -0.39 is 17.8 Å². The van der Waals surface area contributed by atoms with Gasteiger partial charge in [-0.3, -0.25) is 10.1 Å². The van der Waals surface area contributed by atoms with Crippen LogP contribution in [0.2, 0.25) is 5.02 Å². The molecule has 0 fully saturated rings. The second-order valence-electron chi connectivity index (χ2n) is 8.86. The van der Waals surface area contributed by atoms with Gasteiger partial charge in [-0.2, -0.15) is 0 Å². The number of benzene rings is 4. The molecule has 0 saturated heterocycles. The second-order valence-corrected chi connectivity index (χ2v) is 9.26. The first kappa shape index (κ1) is 25.4. The van der Waals surface area contributed by atoms with Crippen LogP contribution < -0.4 is 14.8 Å². The number of hydrogen-bond acceptors (Lipinski definition) is 5. The summed E-state index contributed by atoms with van der Waals surface area (Å²) in [7, 11) is 0. The molecule has 1 aliphatic rings. The van der Waals surface area contributed by atoms with Crippen molar-refractivity contribution in [3.8, 4) is 11.5 Å². The Bertz CT molecular complexity index is 1550. The molecule has 1 amide bonds. The Morgan fingerprint density at radius 2 is 1.74 bits per heavy atom. The zero-order chi connectivity index (χ0) is 26.6. The smallest absolute Gasteiger partial charge is 0.340 e. The molecule has 0 aliphatic carbocycles. The van der Waals surface area contributed by atoms with Crippen molar-refractivity contribution < 1.29 is 23.8 Å². The third-order valence-electron chi connectivity index (χ3n) is 6.35. The highest BCUT2D eigenvalue weighted by Gasteiger charge is 2.38. The first-order chi connectivity index (χ1) is 18.5. The number of esters is 1. The maximum atomic E-state index is 13.4. The number of amides is 1. The molecule has 1 aliphatic heterocycles. The Labute approximate surface area is 225 Å². The summed E-state index contributed by atoms with van der Waals surface area (Å²) in [6.07, 6.45) is 0. The highest BCUT2D eigenvalue weighted by atomic mass is 35.5. The van der Waals surface area contributed by atoms with Gasteiger partial charge in [-0.05, 0) is 60.0 Å². The molecule has 38 heavy (non-hydrogen) atoms. The van der Waals surface area contributed by atoms with Crippen molar-refractivity contribution in [1.82, 2.24) is 5.32 Å². The van der Waals surface area contributed by atoms with E-state index in [-0.39, 0.29) is 24.7 Å². The molecule has 1 heterocycles. The number of halogens is 1. The minimum Gasteiger partial charge on any atom is -0.484 e. The maximum Gasteiger partial charge on any atom is 0.340 e. The standard InChI is InChI=1S/C31H26ClNO5/c1-3-36-31(35)29-27(21-10-5-4-6-11-21)28-23-12-8-7-9-20(23)13-16-25(28)38-30(29)33-26(34)18-37-22-14-15-24(32)19(2)17-22/h4-17,27H,3,18H2,1-2H3,(H,33,34). The topological polar surface area (TPSA) is 73.9 Å². The number of carbonyl (C=O) groups is 2. The van der Waals surface area contributed by atoms with Gasteiger partial charge in [-0.15, -0.1) is 0 Å². The Morgan fingerprint density at radius 3 is 2.50 bits per heavy atom. The van der Waals surface area contributed by atoms with Crippen LogP contribution in [0.25, 0.3) is 10.8 Å². The van der Waals surface area contributed by atoms with E-state index in [0.29, 0.717) is 16.5 Å². The first-order valence-corrected chi connectivity index (χ1v) is 12.7. The number of aryl methyl sites for hydroxylation is 1. The normalized spacial score (nSPS) is 14.4. The van der Waals surface area contributed by atoms with Crippen LogP contribution in [0.15, 0.2) is 96.4 Å². The Kier molecular flexibility index (Phi) is 7.33. The largest absolute Gasteiger partial charge is 0.484 e. The number of nitrogens with one attached hydrogen (secondary N) is 1. The van der Waals surface area contributed by atoms with Crippen molar-refractivity contribution in [2.75, 3.05) is 13.2 Å². The molecule has 0 radical (unpaired) electrons. The fourth-order valence-electron chi connectivity index (χ4n) is 4.61. The number of carbonyl (C=O) groups excluding carboxylic acids is 2. The van der Waals surface area contributed by atoms with Crippen LogP contribution in [-0.4, -0.2) is 25.1 Å². The van der Waals surface area contributed by atoms with Crippen molar-refractivity contribution in [2.24, 2.45) is 0 Å². The summed E-state index contributed by atoms with van der Waals surface area (Å²) >= 11 is 6.08. The van der Waals surface area contributed by atoms with Gasteiger partial charge in [0.2, 0.25) is 5.88 Å². The average molecular weight is 528 g/mol. The highest BCUT2D eigenvalue weighted by Crippen LogP contribution is 2.46. The zero-order valence-corrected chi connectivity index (χ0v) is 21.7.